The van der Waals surface area contributed by atoms with E-state index in [-0.39, 0.29) is 6.10 Å². The second-order valence-electron chi connectivity index (χ2n) is 4.95. The third-order valence-corrected chi connectivity index (χ3v) is 2.95. The molecule has 108 valence electrons. The van der Waals surface area contributed by atoms with Crippen molar-refractivity contribution in [1.82, 2.24) is 9.97 Å². The molecule has 1 rings (SSSR count). The van der Waals surface area contributed by atoms with E-state index in [1.807, 2.05) is 0 Å². The molecule has 1 atom stereocenters. The second-order valence-corrected chi connectivity index (χ2v) is 4.95. The molecular formula is C15H27N3O. The molecule has 1 unspecified atom stereocenters. The van der Waals surface area contributed by atoms with Gasteiger partial charge in [-0.15, -0.1) is 0 Å². The summed E-state index contributed by atoms with van der Waals surface area (Å²) in [5.41, 5.74) is 0. The fourth-order valence-electron chi connectivity index (χ4n) is 1.87. The summed E-state index contributed by atoms with van der Waals surface area (Å²) in [6, 6.07) is 0. The molecule has 1 N–H and O–H groups in total. The maximum absolute atomic E-state index is 5.80. The number of unbranched alkanes of at least 4 members (excludes halogenated alkanes) is 3. The smallest absolute Gasteiger partial charge is 0.234 e. The Hall–Kier alpha value is -1.32. The lowest BCUT2D eigenvalue weighted by Crippen LogP contribution is -2.13. The number of aromatic nitrogens is 2. The zero-order chi connectivity index (χ0) is 13.9. The Kier molecular flexibility index (Phi) is 7.94. The van der Waals surface area contributed by atoms with Gasteiger partial charge in [-0.25, -0.2) is 0 Å². The van der Waals surface area contributed by atoms with E-state index in [4.69, 9.17) is 4.74 Å². The molecule has 0 aliphatic carbocycles. The first-order valence-corrected chi connectivity index (χ1v) is 7.48. The van der Waals surface area contributed by atoms with Gasteiger partial charge < -0.3 is 10.1 Å². The van der Waals surface area contributed by atoms with Crippen LogP contribution in [0.4, 0.5) is 5.82 Å². The molecule has 1 aromatic heterocycles. The molecule has 0 spiro atoms. The molecule has 0 aliphatic rings. The maximum atomic E-state index is 5.80. The Balaban J connectivity index is 2.34. The van der Waals surface area contributed by atoms with Crippen LogP contribution in [0.25, 0.3) is 0 Å². The summed E-state index contributed by atoms with van der Waals surface area (Å²) in [5.74, 6) is 1.40. The lowest BCUT2D eigenvalue weighted by molar-refractivity contribution is 0.197. The molecule has 4 nitrogen and oxygen atoms in total. The van der Waals surface area contributed by atoms with Gasteiger partial charge in [-0.3, -0.25) is 4.98 Å². The van der Waals surface area contributed by atoms with Gasteiger partial charge in [0.05, 0.1) is 18.5 Å². The fraction of sp³-hybridized carbons (Fsp3) is 0.733. The van der Waals surface area contributed by atoms with Crippen molar-refractivity contribution in [1.29, 1.82) is 0 Å². The van der Waals surface area contributed by atoms with Gasteiger partial charge in [0.2, 0.25) is 5.88 Å². The van der Waals surface area contributed by atoms with Crippen molar-refractivity contribution >= 4 is 5.82 Å². The molecule has 1 heterocycles. The van der Waals surface area contributed by atoms with Crippen LogP contribution in [0, 0.1) is 0 Å². The van der Waals surface area contributed by atoms with Gasteiger partial charge in [-0.2, -0.15) is 4.98 Å². The van der Waals surface area contributed by atoms with Crippen LogP contribution in [0.1, 0.15) is 59.3 Å². The standard InChI is InChI=1S/C15H27N3O/c1-4-6-7-8-9-13(3)19-15-12-16-11-14(18-15)17-10-5-2/h11-13H,4-10H2,1-3H3,(H,17,18). The number of rotatable bonds is 10. The number of ether oxygens (including phenoxy) is 1. The topological polar surface area (TPSA) is 47.0 Å². The Morgan fingerprint density at radius 1 is 1.16 bits per heavy atom. The van der Waals surface area contributed by atoms with E-state index >= 15 is 0 Å². The van der Waals surface area contributed by atoms with E-state index in [0.717, 1.165) is 25.2 Å². The van der Waals surface area contributed by atoms with E-state index in [0.29, 0.717) is 5.88 Å². The predicted octanol–water partition coefficient (Wildman–Crippen LogP) is 4.04. The van der Waals surface area contributed by atoms with Crippen molar-refractivity contribution < 1.29 is 4.74 Å². The SMILES string of the molecule is CCCCCCC(C)Oc1cncc(NCCC)n1. The van der Waals surface area contributed by atoms with Crippen LogP contribution in [0.3, 0.4) is 0 Å². The van der Waals surface area contributed by atoms with E-state index in [1.165, 1.54) is 25.7 Å². The average Bonchev–Trinajstić information content (AvgIpc) is 2.42. The lowest BCUT2D eigenvalue weighted by atomic mass is 10.1. The van der Waals surface area contributed by atoms with E-state index in [9.17, 15) is 0 Å². The highest BCUT2D eigenvalue weighted by atomic mass is 16.5. The van der Waals surface area contributed by atoms with Gasteiger partial charge in [0.15, 0.2) is 0 Å². The molecule has 0 aromatic carbocycles. The summed E-state index contributed by atoms with van der Waals surface area (Å²) in [6.07, 6.45) is 10.8. The van der Waals surface area contributed by atoms with Crippen LogP contribution in [0.2, 0.25) is 0 Å². The molecule has 19 heavy (non-hydrogen) atoms. The summed E-state index contributed by atoms with van der Waals surface area (Å²) >= 11 is 0. The average molecular weight is 265 g/mol. The monoisotopic (exact) mass is 265 g/mol. The summed E-state index contributed by atoms with van der Waals surface area (Å²) in [7, 11) is 0. The van der Waals surface area contributed by atoms with E-state index in [2.05, 4.69) is 36.1 Å². The van der Waals surface area contributed by atoms with Gasteiger partial charge in [0.25, 0.3) is 0 Å². The highest BCUT2D eigenvalue weighted by Gasteiger charge is 2.06. The van der Waals surface area contributed by atoms with Crippen molar-refractivity contribution in [3.8, 4) is 5.88 Å². The van der Waals surface area contributed by atoms with Crippen molar-refractivity contribution in [2.45, 2.75) is 65.4 Å². The van der Waals surface area contributed by atoms with Crippen LogP contribution in [0.5, 0.6) is 5.88 Å². The first-order chi connectivity index (χ1) is 9.26. The zero-order valence-electron chi connectivity index (χ0n) is 12.5. The molecule has 0 saturated carbocycles. The molecule has 4 heteroatoms. The zero-order valence-corrected chi connectivity index (χ0v) is 12.5. The van der Waals surface area contributed by atoms with Gasteiger partial charge in [-0.05, 0) is 26.2 Å². The van der Waals surface area contributed by atoms with Crippen LogP contribution in [-0.2, 0) is 0 Å². The molecule has 0 bridgehead atoms. The largest absolute Gasteiger partial charge is 0.474 e. The van der Waals surface area contributed by atoms with Gasteiger partial charge >= 0.3 is 0 Å². The van der Waals surface area contributed by atoms with Crippen LogP contribution in [-0.4, -0.2) is 22.6 Å². The minimum atomic E-state index is 0.201. The predicted molar refractivity (Wildman–Crippen MR) is 79.7 cm³/mol. The van der Waals surface area contributed by atoms with E-state index in [1.54, 1.807) is 12.4 Å². The number of anilines is 1. The Morgan fingerprint density at radius 2 is 2.00 bits per heavy atom. The number of hydrogen-bond donors (Lipinski definition) is 1. The van der Waals surface area contributed by atoms with Crippen LogP contribution in [0.15, 0.2) is 12.4 Å². The Labute approximate surface area is 117 Å². The summed E-state index contributed by atoms with van der Waals surface area (Å²) in [6.45, 7) is 7.36. The van der Waals surface area contributed by atoms with Crippen molar-refractivity contribution in [3.63, 3.8) is 0 Å². The summed E-state index contributed by atoms with van der Waals surface area (Å²) in [4.78, 5) is 8.55. The third kappa shape index (κ3) is 6.99. The molecule has 0 saturated heterocycles. The Morgan fingerprint density at radius 3 is 2.74 bits per heavy atom. The summed E-state index contributed by atoms with van der Waals surface area (Å²) < 4.78 is 5.80. The van der Waals surface area contributed by atoms with Crippen molar-refractivity contribution in [2.24, 2.45) is 0 Å². The van der Waals surface area contributed by atoms with Crippen LogP contribution < -0.4 is 10.1 Å². The van der Waals surface area contributed by atoms with Gasteiger partial charge in [-0.1, -0.05) is 33.1 Å². The highest BCUT2D eigenvalue weighted by Crippen LogP contribution is 2.14. The third-order valence-electron chi connectivity index (χ3n) is 2.95. The minimum absolute atomic E-state index is 0.201. The van der Waals surface area contributed by atoms with E-state index < -0.39 is 0 Å². The normalized spacial score (nSPS) is 12.2. The maximum Gasteiger partial charge on any atom is 0.234 e. The lowest BCUT2D eigenvalue weighted by Gasteiger charge is -2.14. The number of nitrogens with one attached hydrogen (secondary N) is 1. The van der Waals surface area contributed by atoms with Gasteiger partial charge in [0.1, 0.15) is 5.82 Å². The minimum Gasteiger partial charge on any atom is -0.474 e. The van der Waals surface area contributed by atoms with Crippen molar-refractivity contribution in [3.05, 3.63) is 12.4 Å². The second kappa shape index (κ2) is 9.59. The Bertz CT molecular complexity index is 344. The van der Waals surface area contributed by atoms with Crippen molar-refractivity contribution in [2.75, 3.05) is 11.9 Å². The number of hydrogen-bond acceptors (Lipinski definition) is 4. The van der Waals surface area contributed by atoms with Gasteiger partial charge in [0, 0.05) is 6.54 Å². The van der Waals surface area contributed by atoms with Crippen LogP contribution >= 0.6 is 0 Å². The molecule has 0 radical (unpaired) electrons. The summed E-state index contributed by atoms with van der Waals surface area (Å²) in [5, 5.41) is 3.21. The molecule has 0 amide bonds. The number of nitrogens with zero attached hydrogens (tertiary/aromatic N) is 2. The molecule has 0 aliphatic heterocycles. The fourth-order valence-corrected chi connectivity index (χ4v) is 1.87. The molecule has 1 aromatic rings. The first kappa shape index (κ1) is 15.7. The molecule has 0 fully saturated rings. The quantitative estimate of drug-likeness (QED) is 0.649. The first-order valence-electron chi connectivity index (χ1n) is 7.48. The highest BCUT2D eigenvalue weighted by molar-refractivity contribution is 5.32. The molecular weight excluding hydrogens is 238 g/mol.